The van der Waals surface area contributed by atoms with E-state index in [4.69, 9.17) is 10.5 Å². The Morgan fingerprint density at radius 3 is 2.46 bits per heavy atom. The predicted octanol–water partition coefficient (Wildman–Crippen LogP) is 4.14. The maximum atomic E-state index is 14.1. The van der Waals surface area contributed by atoms with Gasteiger partial charge in [-0.2, -0.15) is 13.2 Å². The predicted molar refractivity (Wildman–Crippen MR) is 80.7 cm³/mol. The van der Waals surface area contributed by atoms with Crippen LogP contribution in [-0.2, 0) is 6.18 Å². The topological polar surface area (TPSA) is 93.0 Å². The van der Waals surface area contributed by atoms with Gasteiger partial charge in [0.2, 0.25) is 0 Å². The van der Waals surface area contributed by atoms with Crippen molar-refractivity contribution < 1.29 is 31.5 Å². The summed E-state index contributed by atoms with van der Waals surface area (Å²) in [7, 11) is 0. The van der Waals surface area contributed by atoms with Crippen molar-refractivity contribution in [1.29, 1.82) is 0 Å². The Labute approximate surface area is 141 Å². The second-order valence-corrected chi connectivity index (χ2v) is 5.09. The number of rotatable bonds is 3. The lowest BCUT2D eigenvalue weighted by Crippen LogP contribution is -2.19. The molecule has 0 aliphatic rings. The largest absolute Gasteiger partial charge is 0.450 e. The summed E-state index contributed by atoms with van der Waals surface area (Å²) in [6.07, 6.45) is -2.93. The molecular formula is C15H9F5N4O2. The van der Waals surface area contributed by atoms with Gasteiger partial charge in [-0.1, -0.05) is 0 Å². The van der Waals surface area contributed by atoms with Gasteiger partial charge in [-0.15, -0.1) is 0 Å². The summed E-state index contributed by atoms with van der Waals surface area (Å²) in [4.78, 5) is 16.8. The summed E-state index contributed by atoms with van der Waals surface area (Å²) < 4.78 is 72.6. The minimum absolute atomic E-state index is 0.164. The van der Waals surface area contributed by atoms with E-state index in [0.29, 0.717) is 18.3 Å². The number of aromatic nitrogens is 2. The van der Waals surface area contributed by atoms with Crippen molar-refractivity contribution in [3.63, 3.8) is 0 Å². The van der Waals surface area contributed by atoms with E-state index < -0.39 is 46.3 Å². The maximum absolute atomic E-state index is 14.1. The summed E-state index contributed by atoms with van der Waals surface area (Å²) in [5, 5.41) is 1.50. The highest BCUT2D eigenvalue weighted by Crippen LogP contribution is 2.40. The molecule has 26 heavy (non-hydrogen) atoms. The van der Waals surface area contributed by atoms with Gasteiger partial charge < -0.3 is 20.8 Å². The summed E-state index contributed by atoms with van der Waals surface area (Å²) in [6.45, 7) is 0. The number of anilines is 1. The zero-order valence-electron chi connectivity index (χ0n) is 12.6. The zero-order chi connectivity index (χ0) is 19.1. The molecule has 2 amide bonds. The highest BCUT2D eigenvalue weighted by atomic mass is 19.4. The van der Waals surface area contributed by atoms with Crippen molar-refractivity contribution in [2.24, 2.45) is 5.73 Å². The Morgan fingerprint density at radius 1 is 1.23 bits per heavy atom. The number of aromatic amines is 1. The number of H-pyrrole nitrogens is 1. The molecule has 11 heteroatoms. The molecule has 0 atom stereocenters. The molecule has 0 bridgehead atoms. The number of ether oxygens (including phenoxy) is 1. The fourth-order valence-corrected chi connectivity index (χ4v) is 2.32. The lowest BCUT2D eigenvalue weighted by molar-refractivity contribution is -0.136. The third-order valence-electron chi connectivity index (χ3n) is 3.32. The number of nitrogens with two attached hydrogens (primary N) is 1. The number of hydrogen-bond acceptors (Lipinski definition) is 3. The molecule has 0 fully saturated rings. The van der Waals surface area contributed by atoms with Crippen molar-refractivity contribution in [2.75, 3.05) is 5.32 Å². The van der Waals surface area contributed by atoms with Crippen LogP contribution in [0, 0.1) is 11.6 Å². The van der Waals surface area contributed by atoms with E-state index in [1.165, 1.54) is 0 Å². The highest BCUT2D eigenvalue weighted by molar-refractivity contribution is 5.88. The second-order valence-electron chi connectivity index (χ2n) is 5.09. The van der Waals surface area contributed by atoms with Gasteiger partial charge in [-0.05, 0) is 6.07 Å². The van der Waals surface area contributed by atoms with Crippen LogP contribution in [0.25, 0.3) is 11.0 Å². The van der Waals surface area contributed by atoms with E-state index in [0.717, 1.165) is 12.3 Å². The van der Waals surface area contributed by atoms with Crippen LogP contribution < -0.4 is 15.8 Å². The van der Waals surface area contributed by atoms with Crippen molar-refractivity contribution >= 4 is 22.8 Å². The van der Waals surface area contributed by atoms with Crippen molar-refractivity contribution in [2.45, 2.75) is 6.18 Å². The molecular weight excluding hydrogens is 363 g/mol. The third-order valence-corrected chi connectivity index (χ3v) is 3.32. The maximum Gasteiger partial charge on any atom is 0.418 e. The Bertz CT molecular complexity index is 976. The molecule has 2 heterocycles. The standard InChI is InChI=1S/C15H9F5N4O2/c16-8-3-6(24-14(21)25)4-9(17)12(8)26-10-1-2-22-13-11(10)7(5-23-13)15(18,19)20/h1-5H,(H,22,23)(H3,21,24,25). The lowest BCUT2D eigenvalue weighted by Gasteiger charge is -2.12. The van der Waals surface area contributed by atoms with Crippen LogP contribution in [0.5, 0.6) is 11.5 Å². The number of carbonyl (C=O) groups is 1. The number of amides is 2. The minimum atomic E-state index is -4.73. The third kappa shape index (κ3) is 3.23. The number of alkyl halides is 3. The van der Waals surface area contributed by atoms with E-state index in [-0.39, 0.29) is 11.3 Å². The number of benzene rings is 1. The molecule has 0 radical (unpaired) electrons. The number of nitrogens with one attached hydrogen (secondary N) is 2. The van der Waals surface area contributed by atoms with Crippen LogP contribution in [0.1, 0.15) is 5.56 Å². The Morgan fingerprint density at radius 2 is 1.88 bits per heavy atom. The zero-order valence-corrected chi connectivity index (χ0v) is 12.6. The molecule has 2 aromatic heterocycles. The first-order valence-electron chi connectivity index (χ1n) is 6.93. The number of fused-ring (bicyclic) bond motifs is 1. The molecule has 136 valence electrons. The van der Waals surface area contributed by atoms with Gasteiger partial charge >= 0.3 is 12.2 Å². The van der Waals surface area contributed by atoms with Crippen LogP contribution >= 0.6 is 0 Å². The van der Waals surface area contributed by atoms with Crippen LogP contribution in [0.2, 0.25) is 0 Å². The number of primary amides is 1. The smallest absolute Gasteiger partial charge is 0.418 e. The normalized spacial score (nSPS) is 11.6. The number of hydrogen-bond donors (Lipinski definition) is 3. The van der Waals surface area contributed by atoms with Gasteiger partial charge in [0.25, 0.3) is 0 Å². The monoisotopic (exact) mass is 372 g/mol. The summed E-state index contributed by atoms with van der Waals surface area (Å²) in [5.41, 5.74) is 3.31. The minimum Gasteiger partial charge on any atom is -0.450 e. The molecule has 0 aliphatic heterocycles. The van der Waals surface area contributed by atoms with Gasteiger partial charge in [0.15, 0.2) is 17.4 Å². The van der Waals surface area contributed by atoms with Gasteiger partial charge in [0.05, 0.1) is 10.9 Å². The summed E-state index contributed by atoms with van der Waals surface area (Å²) >= 11 is 0. The quantitative estimate of drug-likeness (QED) is 0.603. The summed E-state index contributed by atoms with van der Waals surface area (Å²) in [5.74, 6) is -3.88. The van der Waals surface area contributed by atoms with Gasteiger partial charge in [-0.3, -0.25) is 0 Å². The second kappa shape index (κ2) is 6.17. The first-order chi connectivity index (χ1) is 12.2. The molecule has 3 aromatic rings. The van der Waals surface area contributed by atoms with Crippen LogP contribution in [0.4, 0.5) is 32.4 Å². The average Bonchev–Trinajstić information content (AvgIpc) is 2.95. The molecule has 1 aromatic carbocycles. The first-order valence-corrected chi connectivity index (χ1v) is 6.93. The SMILES string of the molecule is NC(=O)Nc1cc(F)c(Oc2ccnc3[nH]cc(C(F)(F)F)c23)c(F)c1. The Hall–Kier alpha value is -3.37. The number of carbonyl (C=O) groups excluding carboxylic acids is 1. The Kier molecular flexibility index (Phi) is 4.14. The van der Waals surface area contributed by atoms with Crippen LogP contribution in [-0.4, -0.2) is 16.0 Å². The van der Waals surface area contributed by atoms with Gasteiger partial charge in [0.1, 0.15) is 11.4 Å². The fourth-order valence-electron chi connectivity index (χ4n) is 2.32. The van der Waals surface area contributed by atoms with Crippen molar-refractivity contribution in [1.82, 2.24) is 9.97 Å². The molecule has 0 unspecified atom stereocenters. The Balaban J connectivity index is 2.07. The lowest BCUT2D eigenvalue weighted by atomic mass is 10.2. The van der Waals surface area contributed by atoms with Crippen molar-refractivity contribution in [3.8, 4) is 11.5 Å². The first kappa shape index (κ1) is 17.5. The van der Waals surface area contributed by atoms with E-state index in [9.17, 15) is 26.7 Å². The number of urea groups is 1. The van der Waals surface area contributed by atoms with Crippen molar-refractivity contribution in [3.05, 3.63) is 47.8 Å². The van der Waals surface area contributed by atoms with E-state index >= 15 is 0 Å². The molecule has 0 saturated carbocycles. The molecule has 6 nitrogen and oxygen atoms in total. The number of nitrogens with zero attached hydrogens (tertiary/aromatic N) is 1. The molecule has 3 rings (SSSR count). The van der Waals surface area contributed by atoms with E-state index in [2.05, 4.69) is 9.97 Å². The van der Waals surface area contributed by atoms with E-state index in [1.807, 2.05) is 5.32 Å². The van der Waals surface area contributed by atoms with Gasteiger partial charge in [0, 0.05) is 30.2 Å². The number of halogens is 5. The van der Waals surface area contributed by atoms with Crippen LogP contribution in [0.3, 0.4) is 0 Å². The highest BCUT2D eigenvalue weighted by Gasteiger charge is 2.35. The van der Waals surface area contributed by atoms with Gasteiger partial charge in [-0.25, -0.2) is 18.6 Å². The summed E-state index contributed by atoms with van der Waals surface area (Å²) in [6, 6.07) is 1.42. The van der Waals surface area contributed by atoms with Crippen LogP contribution in [0.15, 0.2) is 30.6 Å². The molecule has 0 saturated heterocycles. The fraction of sp³-hybridized carbons (Fsp3) is 0.0667. The molecule has 0 aliphatic carbocycles. The average molecular weight is 372 g/mol. The van der Waals surface area contributed by atoms with E-state index in [1.54, 1.807) is 0 Å². The molecule has 4 N–H and O–H groups in total. The number of pyridine rings is 1. The molecule has 0 spiro atoms.